The molecule has 1 aromatic carbocycles. The first kappa shape index (κ1) is 19.8. The van der Waals surface area contributed by atoms with Crippen molar-refractivity contribution in [1.29, 1.82) is 0 Å². The van der Waals surface area contributed by atoms with Gasteiger partial charge in [0.1, 0.15) is 0 Å². The predicted molar refractivity (Wildman–Crippen MR) is 102 cm³/mol. The van der Waals surface area contributed by atoms with E-state index >= 15 is 0 Å². The van der Waals surface area contributed by atoms with E-state index in [4.69, 9.17) is 0 Å². The number of rotatable bonds is 4. The highest BCUT2D eigenvalue weighted by Crippen LogP contribution is 2.46. The van der Waals surface area contributed by atoms with Crippen LogP contribution in [0.4, 0.5) is 16.2 Å². The minimum atomic E-state index is -1.51. The van der Waals surface area contributed by atoms with Crippen LogP contribution in [0.5, 0.6) is 0 Å². The number of carbonyl (C=O) groups excluding carboxylic acids is 3. The van der Waals surface area contributed by atoms with Crippen LogP contribution in [0.3, 0.4) is 0 Å². The molecular weight excluding hydrogens is 364 g/mol. The van der Waals surface area contributed by atoms with E-state index < -0.39 is 40.3 Å². The molecule has 1 fully saturated rings. The minimum Gasteiger partial charge on any atom is -0.370 e. The lowest BCUT2D eigenvalue weighted by Crippen LogP contribution is -2.72. The normalized spacial score (nSPS) is 24.6. The highest BCUT2D eigenvalue weighted by molar-refractivity contribution is 6.20. The number of hydrogen-bond acceptors (Lipinski definition) is 6. The number of barbiturate groups is 1. The molecule has 2 heterocycles. The average Bonchev–Trinajstić information content (AvgIpc) is 2.62. The van der Waals surface area contributed by atoms with Gasteiger partial charge in [0.2, 0.25) is 11.8 Å². The summed E-state index contributed by atoms with van der Waals surface area (Å²) in [6.45, 7) is 5.38. The maximum Gasteiger partial charge on any atom is 0.331 e. The van der Waals surface area contributed by atoms with Gasteiger partial charge in [-0.3, -0.25) is 29.9 Å². The van der Waals surface area contributed by atoms with Gasteiger partial charge in [-0.2, -0.15) is 0 Å². The van der Waals surface area contributed by atoms with Crippen molar-refractivity contribution in [3.63, 3.8) is 0 Å². The summed E-state index contributed by atoms with van der Waals surface area (Å²) >= 11 is 0. The highest BCUT2D eigenvalue weighted by Gasteiger charge is 2.61. The van der Waals surface area contributed by atoms with E-state index in [1.165, 1.54) is 12.1 Å². The van der Waals surface area contributed by atoms with Gasteiger partial charge in [0.05, 0.1) is 11.0 Å². The molecule has 1 N–H and O–H groups in total. The molecule has 2 aliphatic rings. The summed E-state index contributed by atoms with van der Waals surface area (Å²) in [6, 6.07) is 2.87. The molecule has 1 saturated heterocycles. The van der Waals surface area contributed by atoms with Crippen molar-refractivity contribution in [3.8, 4) is 0 Å². The molecule has 150 valence electrons. The van der Waals surface area contributed by atoms with Gasteiger partial charge in [-0.05, 0) is 31.9 Å². The summed E-state index contributed by atoms with van der Waals surface area (Å²) in [5, 5.41) is 13.6. The van der Waals surface area contributed by atoms with Crippen LogP contribution in [0.1, 0.15) is 39.2 Å². The van der Waals surface area contributed by atoms with Crippen LogP contribution < -0.4 is 10.2 Å². The Kier molecular flexibility index (Phi) is 4.86. The van der Waals surface area contributed by atoms with Crippen LogP contribution in [-0.4, -0.2) is 46.8 Å². The largest absolute Gasteiger partial charge is 0.370 e. The van der Waals surface area contributed by atoms with Gasteiger partial charge in [-0.1, -0.05) is 13.3 Å². The molecule has 1 aromatic rings. The third-order valence-corrected chi connectivity index (χ3v) is 5.68. The highest BCUT2D eigenvalue weighted by atomic mass is 16.6. The number of carbonyl (C=O) groups is 3. The first-order chi connectivity index (χ1) is 13.1. The van der Waals surface area contributed by atoms with Gasteiger partial charge in [0.15, 0.2) is 5.41 Å². The number of fused-ring (bicyclic) bond motifs is 1. The Morgan fingerprint density at radius 1 is 1.32 bits per heavy atom. The molecule has 0 unspecified atom stereocenters. The topological polar surface area (TPSA) is 113 Å². The molecule has 0 saturated carbocycles. The zero-order valence-corrected chi connectivity index (χ0v) is 16.4. The maximum atomic E-state index is 13.5. The Labute approximate surface area is 162 Å². The van der Waals surface area contributed by atoms with E-state index in [-0.39, 0.29) is 12.1 Å². The summed E-state index contributed by atoms with van der Waals surface area (Å²) in [5.74, 6) is -1.18. The van der Waals surface area contributed by atoms with Gasteiger partial charge in [0.25, 0.3) is 5.69 Å². The Morgan fingerprint density at radius 3 is 2.57 bits per heavy atom. The number of amides is 4. The number of nitrogens with zero attached hydrogens (tertiary/aromatic N) is 3. The summed E-state index contributed by atoms with van der Waals surface area (Å²) in [6.07, 6.45) is 1.31. The van der Waals surface area contributed by atoms with Crippen molar-refractivity contribution in [3.05, 3.63) is 33.9 Å². The summed E-state index contributed by atoms with van der Waals surface area (Å²) in [5.41, 5.74) is -0.309. The molecule has 28 heavy (non-hydrogen) atoms. The van der Waals surface area contributed by atoms with Crippen molar-refractivity contribution >= 4 is 29.2 Å². The smallest absolute Gasteiger partial charge is 0.331 e. The molecule has 0 radical (unpaired) electrons. The summed E-state index contributed by atoms with van der Waals surface area (Å²) in [4.78, 5) is 52.5. The molecule has 3 rings (SSSR count). The molecular formula is C19H24N4O5. The van der Waals surface area contributed by atoms with Crippen LogP contribution in [-0.2, 0) is 16.0 Å². The van der Waals surface area contributed by atoms with Crippen molar-refractivity contribution in [2.45, 2.75) is 52.1 Å². The quantitative estimate of drug-likeness (QED) is 0.481. The zero-order chi connectivity index (χ0) is 20.8. The lowest BCUT2D eigenvalue weighted by Gasteiger charge is -2.51. The van der Waals surface area contributed by atoms with Crippen LogP contribution in [0.25, 0.3) is 0 Å². The third-order valence-electron chi connectivity index (χ3n) is 5.68. The van der Waals surface area contributed by atoms with Gasteiger partial charge in [-0.15, -0.1) is 0 Å². The van der Waals surface area contributed by atoms with E-state index in [2.05, 4.69) is 5.32 Å². The van der Waals surface area contributed by atoms with Gasteiger partial charge in [0, 0.05) is 37.3 Å². The van der Waals surface area contributed by atoms with E-state index in [0.717, 1.165) is 17.0 Å². The Balaban J connectivity index is 2.20. The lowest BCUT2D eigenvalue weighted by atomic mass is 9.67. The van der Waals surface area contributed by atoms with Crippen LogP contribution in [0, 0.1) is 15.5 Å². The maximum absolute atomic E-state index is 13.5. The second-order valence-electron chi connectivity index (χ2n) is 7.66. The SMILES string of the molecule is CCC[C@@H]1N(C)c2ccc([N+](=O)[O-])cc2C[C@@]12C(=O)NC(=O)N(C(C)C)C2=O. The van der Waals surface area contributed by atoms with Crippen molar-refractivity contribution in [1.82, 2.24) is 10.2 Å². The van der Waals surface area contributed by atoms with Crippen LogP contribution in [0.2, 0.25) is 0 Å². The number of nitro benzene ring substituents is 1. The second kappa shape index (κ2) is 6.88. The number of hydrogen-bond donors (Lipinski definition) is 1. The fourth-order valence-corrected chi connectivity index (χ4v) is 4.39. The number of non-ortho nitro benzene ring substituents is 1. The predicted octanol–water partition coefficient (Wildman–Crippen LogP) is 2.23. The molecule has 9 heteroatoms. The second-order valence-corrected chi connectivity index (χ2v) is 7.66. The molecule has 1 spiro atoms. The van der Waals surface area contributed by atoms with Crippen molar-refractivity contribution in [2.75, 3.05) is 11.9 Å². The molecule has 2 atom stereocenters. The number of urea groups is 1. The average molecular weight is 388 g/mol. The molecule has 0 aliphatic carbocycles. The first-order valence-electron chi connectivity index (χ1n) is 9.34. The number of nitro groups is 1. The van der Waals surface area contributed by atoms with Gasteiger partial charge >= 0.3 is 6.03 Å². The fourth-order valence-electron chi connectivity index (χ4n) is 4.39. The summed E-state index contributed by atoms with van der Waals surface area (Å²) in [7, 11) is 1.78. The summed E-state index contributed by atoms with van der Waals surface area (Å²) < 4.78 is 0. The Bertz CT molecular complexity index is 868. The van der Waals surface area contributed by atoms with E-state index in [1.54, 1.807) is 27.0 Å². The number of anilines is 1. The molecule has 2 aliphatic heterocycles. The van der Waals surface area contributed by atoms with E-state index in [9.17, 15) is 24.5 Å². The van der Waals surface area contributed by atoms with E-state index in [0.29, 0.717) is 12.0 Å². The molecule has 0 aromatic heterocycles. The molecule has 9 nitrogen and oxygen atoms in total. The number of nitrogens with one attached hydrogen (secondary N) is 1. The monoisotopic (exact) mass is 388 g/mol. The molecule has 0 bridgehead atoms. The van der Waals surface area contributed by atoms with Crippen LogP contribution >= 0.6 is 0 Å². The van der Waals surface area contributed by atoms with Crippen LogP contribution in [0.15, 0.2) is 18.2 Å². The molecule has 4 amide bonds. The fraction of sp³-hybridized carbons (Fsp3) is 0.526. The number of benzene rings is 1. The van der Waals surface area contributed by atoms with Gasteiger partial charge in [-0.25, -0.2) is 4.79 Å². The van der Waals surface area contributed by atoms with Crippen molar-refractivity contribution < 1.29 is 19.3 Å². The standard InChI is InChI=1S/C19H24N4O5/c1-5-6-15-19(16(24)20-18(26)22(11(2)3)17(19)25)10-12-9-13(23(27)28)7-8-14(12)21(15)4/h7-9,11,15H,5-6,10H2,1-4H3,(H,20,24,26)/t15-,19-/m0/s1. The Morgan fingerprint density at radius 2 is 2.00 bits per heavy atom. The van der Waals surface area contributed by atoms with E-state index in [1.807, 2.05) is 11.8 Å². The third kappa shape index (κ3) is 2.73. The van der Waals surface area contributed by atoms with Crippen molar-refractivity contribution in [2.24, 2.45) is 5.41 Å². The minimum absolute atomic E-state index is 0.0141. The number of imide groups is 2. The first-order valence-corrected chi connectivity index (χ1v) is 9.34. The Hall–Kier alpha value is -2.97. The van der Waals surface area contributed by atoms with Gasteiger partial charge < -0.3 is 4.90 Å². The lowest BCUT2D eigenvalue weighted by molar-refractivity contribution is -0.384. The zero-order valence-electron chi connectivity index (χ0n) is 16.4.